The maximum Gasteiger partial charge on any atom is 0.174 e. The van der Waals surface area contributed by atoms with Crippen molar-refractivity contribution in [2.24, 2.45) is 0 Å². The van der Waals surface area contributed by atoms with E-state index in [-0.39, 0.29) is 5.78 Å². The quantitative estimate of drug-likeness (QED) is 0.614. The minimum absolute atomic E-state index is 0.182. The van der Waals surface area contributed by atoms with Crippen LogP contribution in [0.25, 0.3) is 0 Å². The Morgan fingerprint density at radius 2 is 2.12 bits per heavy atom. The molecular formula is C12H12N2OS2. The predicted octanol–water partition coefficient (Wildman–Crippen LogP) is 3.21. The molecule has 5 heteroatoms. The highest BCUT2D eigenvalue weighted by Crippen LogP contribution is 2.20. The summed E-state index contributed by atoms with van der Waals surface area (Å²) < 4.78 is 0.918. The lowest BCUT2D eigenvalue weighted by molar-refractivity contribution is 0.0989. The number of nitrogens with zero attached hydrogens (tertiary/aromatic N) is 2. The van der Waals surface area contributed by atoms with Crippen LogP contribution in [0.4, 0.5) is 0 Å². The topological polar surface area (TPSA) is 42.9 Å². The van der Waals surface area contributed by atoms with Crippen molar-refractivity contribution in [2.75, 3.05) is 5.75 Å². The van der Waals surface area contributed by atoms with Gasteiger partial charge in [-0.2, -0.15) is 0 Å². The van der Waals surface area contributed by atoms with Crippen molar-refractivity contribution in [1.29, 1.82) is 0 Å². The van der Waals surface area contributed by atoms with Crippen LogP contribution in [0, 0.1) is 6.92 Å². The van der Waals surface area contributed by atoms with E-state index in [1.807, 2.05) is 31.2 Å². The molecule has 0 spiro atoms. The number of hydrogen-bond donors (Lipinski definition) is 0. The van der Waals surface area contributed by atoms with E-state index in [1.54, 1.807) is 17.3 Å². The zero-order valence-corrected chi connectivity index (χ0v) is 11.1. The van der Waals surface area contributed by atoms with Crippen LogP contribution in [0.15, 0.2) is 34.1 Å². The molecule has 0 N–H and O–H groups in total. The smallest absolute Gasteiger partial charge is 0.174 e. The number of aromatic nitrogens is 2. The van der Waals surface area contributed by atoms with E-state index in [4.69, 9.17) is 0 Å². The molecule has 0 fully saturated rings. The number of thioether (sulfide) groups is 1. The molecule has 1 aromatic heterocycles. The van der Waals surface area contributed by atoms with Gasteiger partial charge in [0.1, 0.15) is 5.51 Å². The number of benzene rings is 1. The normalized spacial score (nSPS) is 10.4. The highest BCUT2D eigenvalue weighted by atomic mass is 32.2. The van der Waals surface area contributed by atoms with Gasteiger partial charge in [0.15, 0.2) is 10.1 Å². The second-order valence-electron chi connectivity index (χ2n) is 3.59. The Hall–Kier alpha value is -1.20. The van der Waals surface area contributed by atoms with Gasteiger partial charge in [0.05, 0.1) is 0 Å². The second-order valence-corrected chi connectivity index (χ2v) is 5.77. The maximum absolute atomic E-state index is 11.8. The predicted molar refractivity (Wildman–Crippen MR) is 70.8 cm³/mol. The number of carbonyl (C=O) groups is 1. The van der Waals surface area contributed by atoms with E-state index in [0.717, 1.165) is 15.7 Å². The van der Waals surface area contributed by atoms with Gasteiger partial charge in [-0.05, 0) is 6.92 Å². The molecule has 1 heterocycles. The summed E-state index contributed by atoms with van der Waals surface area (Å²) in [6, 6.07) is 7.69. The summed E-state index contributed by atoms with van der Waals surface area (Å²) in [7, 11) is 0. The Morgan fingerprint density at radius 3 is 2.76 bits per heavy atom. The van der Waals surface area contributed by atoms with Crippen molar-refractivity contribution in [1.82, 2.24) is 10.2 Å². The van der Waals surface area contributed by atoms with Crippen LogP contribution in [0.1, 0.15) is 22.3 Å². The molecule has 1 aromatic carbocycles. The lowest BCUT2D eigenvalue weighted by atomic mass is 10.1. The minimum Gasteiger partial charge on any atom is -0.294 e. The zero-order chi connectivity index (χ0) is 12.1. The van der Waals surface area contributed by atoms with Gasteiger partial charge in [-0.15, -0.1) is 10.2 Å². The van der Waals surface area contributed by atoms with Crippen LogP contribution in [0.2, 0.25) is 0 Å². The Labute approximate surface area is 108 Å². The van der Waals surface area contributed by atoms with E-state index in [1.165, 1.54) is 16.9 Å². The average Bonchev–Trinajstić information content (AvgIpc) is 2.83. The van der Waals surface area contributed by atoms with Crippen LogP contribution in [0.5, 0.6) is 0 Å². The van der Waals surface area contributed by atoms with E-state index >= 15 is 0 Å². The third kappa shape index (κ3) is 3.64. The second kappa shape index (κ2) is 5.93. The number of hydrogen-bond acceptors (Lipinski definition) is 5. The number of aryl methyl sites for hydroxylation is 1. The van der Waals surface area contributed by atoms with Crippen LogP contribution in [-0.4, -0.2) is 21.7 Å². The molecule has 2 rings (SSSR count). The molecule has 0 unspecified atom stereocenters. The Balaban J connectivity index is 1.83. The van der Waals surface area contributed by atoms with Gasteiger partial charge in [-0.1, -0.05) is 52.9 Å². The molecule has 0 radical (unpaired) electrons. The number of carbonyl (C=O) groups excluding carboxylic acids is 1. The monoisotopic (exact) mass is 264 g/mol. The van der Waals surface area contributed by atoms with Gasteiger partial charge in [-0.3, -0.25) is 4.79 Å². The lowest BCUT2D eigenvalue weighted by Gasteiger charge is -2.00. The molecule has 0 saturated heterocycles. The molecule has 88 valence electrons. The number of rotatable bonds is 5. The molecule has 0 atom stereocenters. The van der Waals surface area contributed by atoms with Gasteiger partial charge < -0.3 is 0 Å². The molecule has 0 amide bonds. The van der Waals surface area contributed by atoms with Crippen molar-refractivity contribution in [2.45, 2.75) is 17.7 Å². The van der Waals surface area contributed by atoms with E-state index < -0.39 is 0 Å². The maximum atomic E-state index is 11.8. The van der Waals surface area contributed by atoms with Crippen molar-refractivity contribution < 1.29 is 4.79 Å². The Morgan fingerprint density at radius 1 is 1.35 bits per heavy atom. The largest absolute Gasteiger partial charge is 0.294 e. The van der Waals surface area contributed by atoms with E-state index in [2.05, 4.69) is 10.2 Å². The van der Waals surface area contributed by atoms with Crippen molar-refractivity contribution >= 4 is 28.9 Å². The van der Waals surface area contributed by atoms with Gasteiger partial charge in [0.2, 0.25) is 0 Å². The summed E-state index contributed by atoms with van der Waals surface area (Å²) in [6.07, 6.45) is 0.535. The standard InChI is InChI=1S/C12H12N2OS2/c1-9-2-4-10(5-3-9)11(15)6-7-16-12-14-13-8-17-12/h2-5,8H,6-7H2,1H3. The molecule has 0 bridgehead atoms. The summed E-state index contributed by atoms with van der Waals surface area (Å²) in [5, 5.41) is 7.67. The first kappa shape index (κ1) is 12.3. The molecule has 0 aliphatic rings. The number of ketones is 1. The average molecular weight is 264 g/mol. The molecular weight excluding hydrogens is 252 g/mol. The van der Waals surface area contributed by atoms with E-state index in [0.29, 0.717) is 6.42 Å². The lowest BCUT2D eigenvalue weighted by Crippen LogP contribution is -2.00. The third-order valence-electron chi connectivity index (χ3n) is 2.27. The zero-order valence-electron chi connectivity index (χ0n) is 9.42. The first-order chi connectivity index (χ1) is 8.25. The summed E-state index contributed by atoms with van der Waals surface area (Å²) in [6.45, 7) is 2.01. The Kier molecular flexibility index (Phi) is 4.28. The fourth-order valence-corrected chi connectivity index (χ4v) is 2.84. The first-order valence-electron chi connectivity index (χ1n) is 5.24. The fraction of sp³-hybridized carbons (Fsp3) is 0.250. The van der Waals surface area contributed by atoms with Crippen LogP contribution in [-0.2, 0) is 0 Å². The van der Waals surface area contributed by atoms with E-state index in [9.17, 15) is 4.79 Å². The first-order valence-corrected chi connectivity index (χ1v) is 7.11. The van der Waals surface area contributed by atoms with Gasteiger partial charge in [0, 0.05) is 17.7 Å². The molecule has 0 aliphatic carbocycles. The summed E-state index contributed by atoms with van der Waals surface area (Å²) in [5.41, 5.74) is 3.66. The molecule has 17 heavy (non-hydrogen) atoms. The van der Waals surface area contributed by atoms with Crippen LogP contribution in [0.3, 0.4) is 0 Å². The fourth-order valence-electron chi connectivity index (χ4n) is 1.34. The van der Waals surface area contributed by atoms with Gasteiger partial charge >= 0.3 is 0 Å². The Bertz CT molecular complexity index is 480. The summed E-state index contributed by atoms with van der Waals surface area (Å²) >= 11 is 3.08. The van der Waals surface area contributed by atoms with Crippen LogP contribution >= 0.6 is 23.1 Å². The van der Waals surface area contributed by atoms with Gasteiger partial charge in [0.25, 0.3) is 0 Å². The highest BCUT2D eigenvalue weighted by molar-refractivity contribution is 8.01. The minimum atomic E-state index is 0.182. The summed E-state index contributed by atoms with van der Waals surface area (Å²) in [4.78, 5) is 11.8. The molecule has 3 nitrogen and oxygen atoms in total. The van der Waals surface area contributed by atoms with Crippen molar-refractivity contribution in [3.05, 3.63) is 40.9 Å². The molecule has 2 aromatic rings. The third-order valence-corrected chi connectivity index (χ3v) is 4.13. The number of Topliss-reactive ketones (excluding diaryl/α,β-unsaturated/α-hetero) is 1. The molecule has 0 saturated carbocycles. The van der Waals surface area contributed by atoms with Gasteiger partial charge in [-0.25, -0.2) is 0 Å². The highest BCUT2D eigenvalue weighted by Gasteiger charge is 2.06. The SMILES string of the molecule is Cc1ccc(C(=O)CCSc2nncs2)cc1. The van der Waals surface area contributed by atoms with Crippen LogP contribution < -0.4 is 0 Å². The molecule has 0 aliphatic heterocycles. The summed E-state index contributed by atoms with van der Waals surface area (Å²) in [5.74, 6) is 0.934. The van der Waals surface area contributed by atoms with Crippen molar-refractivity contribution in [3.63, 3.8) is 0 Å². The van der Waals surface area contributed by atoms with Crippen molar-refractivity contribution in [3.8, 4) is 0 Å².